The van der Waals surface area contributed by atoms with Crippen LogP contribution in [0.25, 0.3) is 0 Å². The molecule has 0 aliphatic carbocycles. The molecule has 0 spiro atoms. The van der Waals surface area contributed by atoms with Gasteiger partial charge in [0.1, 0.15) is 17.4 Å². The second-order valence-electron chi connectivity index (χ2n) is 4.42. The van der Waals surface area contributed by atoms with Gasteiger partial charge in [-0.15, -0.1) is 0 Å². The highest BCUT2D eigenvalue weighted by molar-refractivity contribution is 5.97. The lowest BCUT2D eigenvalue weighted by Crippen LogP contribution is -2.14. The van der Waals surface area contributed by atoms with Crippen LogP contribution in [-0.2, 0) is 6.42 Å². The number of benzene rings is 2. The van der Waals surface area contributed by atoms with Crippen LogP contribution in [0.3, 0.4) is 0 Å². The van der Waals surface area contributed by atoms with Crippen molar-refractivity contribution in [2.75, 3.05) is 13.2 Å². The number of rotatable bonds is 6. The summed E-state index contributed by atoms with van der Waals surface area (Å²) in [5.74, 6) is -1.76. The number of ketones is 1. The van der Waals surface area contributed by atoms with Gasteiger partial charge in [-0.2, -0.15) is 0 Å². The smallest absolute Gasteiger partial charge is 0.203 e. The van der Waals surface area contributed by atoms with E-state index in [2.05, 4.69) is 0 Å². The summed E-state index contributed by atoms with van der Waals surface area (Å²) in [5.41, 5.74) is 0.545. The number of ether oxygens (including phenoxy) is 1. The summed E-state index contributed by atoms with van der Waals surface area (Å²) in [6.07, 6.45) is 0.398. The van der Waals surface area contributed by atoms with Crippen molar-refractivity contribution < 1.29 is 23.4 Å². The van der Waals surface area contributed by atoms with E-state index >= 15 is 0 Å². The SMILES string of the molecule is O=C(COc1ccccc1CCO)c1ccc(F)cc1F. The summed E-state index contributed by atoms with van der Waals surface area (Å²) < 4.78 is 31.6. The van der Waals surface area contributed by atoms with Crippen LogP contribution in [0, 0.1) is 11.6 Å². The molecule has 0 bridgehead atoms. The highest BCUT2D eigenvalue weighted by Gasteiger charge is 2.14. The summed E-state index contributed by atoms with van der Waals surface area (Å²) in [6.45, 7) is -0.397. The molecule has 0 unspecified atom stereocenters. The highest BCUT2D eigenvalue weighted by atomic mass is 19.1. The lowest BCUT2D eigenvalue weighted by Gasteiger charge is -2.10. The largest absolute Gasteiger partial charge is 0.485 e. The van der Waals surface area contributed by atoms with Crippen LogP contribution in [0.1, 0.15) is 15.9 Å². The summed E-state index contributed by atoms with van der Waals surface area (Å²) in [4.78, 5) is 11.9. The first kappa shape index (κ1) is 15.1. The Morgan fingerprint density at radius 1 is 1.14 bits per heavy atom. The second-order valence-corrected chi connectivity index (χ2v) is 4.42. The topological polar surface area (TPSA) is 46.5 Å². The van der Waals surface area contributed by atoms with Crippen molar-refractivity contribution in [3.63, 3.8) is 0 Å². The van der Waals surface area contributed by atoms with Gasteiger partial charge in [-0.3, -0.25) is 4.79 Å². The molecule has 0 amide bonds. The molecule has 0 saturated carbocycles. The first-order chi connectivity index (χ1) is 10.1. The Balaban J connectivity index is 2.07. The van der Waals surface area contributed by atoms with Crippen molar-refractivity contribution in [3.05, 3.63) is 65.2 Å². The van der Waals surface area contributed by atoms with Gasteiger partial charge in [0.15, 0.2) is 6.61 Å². The Labute approximate surface area is 120 Å². The second kappa shape index (κ2) is 6.95. The van der Waals surface area contributed by atoms with Gasteiger partial charge in [0, 0.05) is 12.7 Å². The zero-order chi connectivity index (χ0) is 15.2. The van der Waals surface area contributed by atoms with Crippen LogP contribution < -0.4 is 4.74 Å². The molecule has 2 aromatic carbocycles. The number of Topliss-reactive ketones (excluding diaryl/α,β-unsaturated/α-hetero) is 1. The van der Waals surface area contributed by atoms with Crippen LogP contribution in [-0.4, -0.2) is 24.1 Å². The van der Waals surface area contributed by atoms with E-state index in [1.165, 1.54) is 0 Å². The fourth-order valence-corrected chi connectivity index (χ4v) is 1.91. The fourth-order valence-electron chi connectivity index (χ4n) is 1.91. The molecule has 0 aromatic heterocycles. The molecule has 110 valence electrons. The predicted molar refractivity (Wildman–Crippen MR) is 73.4 cm³/mol. The Bertz CT molecular complexity index is 641. The molecule has 5 heteroatoms. The zero-order valence-corrected chi connectivity index (χ0v) is 11.2. The number of hydrogen-bond donors (Lipinski definition) is 1. The molecule has 0 aliphatic heterocycles. The summed E-state index contributed by atoms with van der Waals surface area (Å²) in [6, 6.07) is 9.74. The van der Waals surface area contributed by atoms with Crippen molar-refractivity contribution in [3.8, 4) is 5.75 Å². The molecule has 3 nitrogen and oxygen atoms in total. The van der Waals surface area contributed by atoms with Crippen molar-refractivity contribution in [2.45, 2.75) is 6.42 Å². The van der Waals surface area contributed by atoms with Gasteiger partial charge < -0.3 is 9.84 Å². The first-order valence-corrected chi connectivity index (χ1v) is 6.41. The van der Waals surface area contributed by atoms with E-state index < -0.39 is 17.4 Å². The van der Waals surface area contributed by atoms with Crippen LogP contribution >= 0.6 is 0 Å². The molecule has 1 N–H and O–H groups in total. The molecule has 0 fully saturated rings. The molecule has 2 rings (SSSR count). The molecule has 21 heavy (non-hydrogen) atoms. The number of halogens is 2. The first-order valence-electron chi connectivity index (χ1n) is 6.41. The third-order valence-corrected chi connectivity index (χ3v) is 2.94. The van der Waals surface area contributed by atoms with E-state index in [4.69, 9.17) is 9.84 Å². The number of carbonyl (C=O) groups excluding carboxylic acids is 1. The van der Waals surface area contributed by atoms with E-state index in [9.17, 15) is 13.6 Å². The summed E-state index contributed by atoms with van der Waals surface area (Å²) >= 11 is 0. The molecular weight excluding hydrogens is 278 g/mol. The van der Waals surface area contributed by atoms with Gasteiger partial charge in [0.2, 0.25) is 5.78 Å². The average molecular weight is 292 g/mol. The number of aliphatic hydroxyl groups excluding tert-OH is 1. The van der Waals surface area contributed by atoms with E-state index in [0.717, 1.165) is 17.7 Å². The van der Waals surface area contributed by atoms with Crippen LogP contribution in [0.4, 0.5) is 8.78 Å². The Kier molecular flexibility index (Phi) is 5.00. The number of para-hydroxylation sites is 1. The molecular formula is C16H14F2O3. The Morgan fingerprint density at radius 2 is 1.90 bits per heavy atom. The van der Waals surface area contributed by atoms with Crippen LogP contribution in [0.5, 0.6) is 5.75 Å². The fraction of sp³-hybridized carbons (Fsp3) is 0.188. The van der Waals surface area contributed by atoms with Crippen molar-refractivity contribution in [2.24, 2.45) is 0 Å². The minimum Gasteiger partial charge on any atom is -0.485 e. The standard InChI is InChI=1S/C16H14F2O3/c17-12-5-6-13(14(18)9-12)15(20)10-21-16-4-2-1-3-11(16)7-8-19/h1-6,9,19H,7-8,10H2. The molecule has 0 heterocycles. The molecule has 0 atom stereocenters. The maximum absolute atomic E-state index is 13.5. The summed E-state index contributed by atoms with van der Waals surface area (Å²) in [5, 5.41) is 8.95. The van der Waals surface area contributed by atoms with Gasteiger partial charge in [-0.05, 0) is 30.2 Å². The Morgan fingerprint density at radius 3 is 2.62 bits per heavy atom. The maximum atomic E-state index is 13.5. The Hall–Kier alpha value is -2.27. The highest BCUT2D eigenvalue weighted by Crippen LogP contribution is 2.19. The number of aliphatic hydroxyl groups is 1. The zero-order valence-electron chi connectivity index (χ0n) is 11.2. The van der Waals surface area contributed by atoms with Gasteiger partial charge in [0.05, 0.1) is 5.56 Å². The maximum Gasteiger partial charge on any atom is 0.203 e. The summed E-state index contributed by atoms with van der Waals surface area (Å²) in [7, 11) is 0. The third-order valence-electron chi connectivity index (χ3n) is 2.94. The lowest BCUT2D eigenvalue weighted by molar-refractivity contribution is 0.0916. The normalized spacial score (nSPS) is 10.4. The van der Waals surface area contributed by atoms with E-state index in [1.54, 1.807) is 24.3 Å². The van der Waals surface area contributed by atoms with Crippen LogP contribution in [0.15, 0.2) is 42.5 Å². The van der Waals surface area contributed by atoms with Gasteiger partial charge >= 0.3 is 0 Å². The van der Waals surface area contributed by atoms with Crippen molar-refractivity contribution in [1.82, 2.24) is 0 Å². The minimum absolute atomic E-state index is 0.0408. The van der Waals surface area contributed by atoms with Crippen LogP contribution in [0.2, 0.25) is 0 Å². The molecule has 2 aromatic rings. The van der Waals surface area contributed by atoms with E-state index in [1.807, 2.05) is 0 Å². The quantitative estimate of drug-likeness (QED) is 0.833. The van der Waals surface area contributed by atoms with E-state index in [0.29, 0.717) is 18.2 Å². The predicted octanol–water partition coefficient (Wildman–Crippen LogP) is 2.76. The monoisotopic (exact) mass is 292 g/mol. The van der Waals surface area contributed by atoms with Gasteiger partial charge in [-0.25, -0.2) is 8.78 Å². The van der Waals surface area contributed by atoms with Gasteiger partial charge in [-0.1, -0.05) is 18.2 Å². The molecule has 0 radical (unpaired) electrons. The minimum atomic E-state index is -0.910. The lowest BCUT2D eigenvalue weighted by atomic mass is 10.1. The third kappa shape index (κ3) is 3.86. The van der Waals surface area contributed by atoms with Crippen molar-refractivity contribution >= 4 is 5.78 Å². The van der Waals surface area contributed by atoms with E-state index in [-0.39, 0.29) is 18.8 Å². The van der Waals surface area contributed by atoms with Crippen molar-refractivity contribution in [1.29, 1.82) is 0 Å². The number of hydrogen-bond acceptors (Lipinski definition) is 3. The van der Waals surface area contributed by atoms with Gasteiger partial charge in [0.25, 0.3) is 0 Å². The molecule has 0 aliphatic rings. The molecule has 0 saturated heterocycles. The number of carbonyl (C=O) groups is 1. The average Bonchev–Trinajstić information content (AvgIpc) is 2.46.